The summed E-state index contributed by atoms with van der Waals surface area (Å²) in [5, 5.41) is 0. The van der Waals surface area contributed by atoms with E-state index in [-0.39, 0.29) is 0 Å². The van der Waals surface area contributed by atoms with Gasteiger partial charge in [0.25, 0.3) is 0 Å². The van der Waals surface area contributed by atoms with Crippen LogP contribution in [0.15, 0.2) is 30.9 Å². The maximum atomic E-state index is 13.4. The zero-order chi connectivity index (χ0) is 16.9. The maximum absolute atomic E-state index is 13.4. The molecule has 0 spiro atoms. The van der Waals surface area contributed by atoms with Crippen molar-refractivity contribution in [3.8, 4) is 0 Å². The zero-order valence-corrected chi connectivity index (χ0v) is 14.7. The first-order chi connectivity index (χ1) is 11.7. The molecule has 0 nitrogen and oxygen atoms in total. The first kappa shape index (κ1) is 17.6. The van der Waals surface area contributed by atoms with Gasteiger partial charge in [-0.2, -0.15) is 0 Å². The van der Waals surface area contributed by atoms with Crippen molar-refractivity contribution in [2.24, 2.45) is 17.8 Å². The van der Waals surface area contributed by atoms with Crippen LogP contribution in [0.1, 0.15) is 75.7 Å². The third kappa shape index (κ3) is 4.46. The van der Waals surface area contributed by atoms with Crippen molar-refractivity contribution in [2.75, 3.05) is 0 Å². The largest absolute Gasteiger partial charge is 0.204 e. The molecule has 0 unspecified atom stereocenters. The molecule has 24 heavy (non-hydrogen) atoms. The Hall–Kier alpha value is -1.18. The minimum Gasteiger partial charge on any atom is -0.204 e. The van der Waals surface area contributed by atoms with Gasteiger partial charge in [-0.15, -0.1) is 6.58 Å². The molecule has 1 aromatic rings. The summed E-state index contributed by atoms with van der Waals surface area (Å²) in [4.78, 5) is 0. The van der Waals surface area contributed by atoms with Gasteiger partial charge in [-0.1, -0.05) is 25.0 Å². The number of halogens is 2. The Morgan fingerprint density at radius 2 is 1.42 bits per heavy atom. The molecule has 132 valence electrons. The number of rotatable bonds is 5. The van der Waals surface area contributed by atoms with Crippen LogP contribution >= 0.6 is 0 Å². The van der Waals surface area contributed by atoms with E-state index < -0.39 is 11.6 Å². The van der Waals surface area contributed by atoms with Crippen molar-refractivity contribution in [3.63, 3.8) is 0 Å². The summed E-state index contributed by atoms with van der Waals surface area (Å²) in [7, 11) is 0. The van der Waals surface area contributed by atoms with Gasteiger partial charge in [-0.3, -0.25) is 0 Å². The van der Waals surface area contributed by atoms with Crippen LogP contribution in [0.4, 0.5) is 8.78 Å². The lowest BCUT2D eigenvalue weighted by Crippen LogP contribution is -2.17. The molecule has 2 saturated carbocycles. The summed E-state index contributed by atoms with van der Waals surface area (Å²) in [6.07, 6.45) is 15.0. The molecule has 0 bridgehead atoms. The van der Waals surface area contributed by atoms with Crippen LogP contribution in [0, 0.1) is 29.4 Å². The smallest absolute Gasteiger partial charge is 0.159 e. The van der Waals surface area contributed by atoms with Crippen molar-refractivity contribution in [1.82, 2.24) is 0 Å². The summed E-state index contributed by atoms with van der Waals surface area (Å²) >= 11 is 0. The van der Waals surface area contributed by atoms with E-state index >= 15 is 0 Å². The molecular formula is C22H30F2. The van der Waals surface area contributed by atoms with Gasteiger partial charge < -0.3 is 0 Å². The van der Waals surface area contributed by atoms with Gasteiger partial charge >= 0.3 is 0 Å². The molecule has 0 radical (unpaired) electrons. The number of allylic oxidation sites excluding steroid dienone is 1. The lowest BCUT2D eigenvalue weighted by Gasteiger charge is -2.31. The van der Waals surface area contributed by atoms with Crippen molar-refractivity contribution in [2.45, 2.75) is 70.1 Å². The SMILES string of the molecule is C=CC1CCC(CCC2CCC(c3ccc(F)c(F)c3)CC2)CC1. The number of hydrogen-bond acceptors (Lipinski definition) is 0. The van der Waals surface area contributed by atoms with E-state index in [1.165, 1.54) is 63.5 Å². The molecule has 0 heterocycles. The van der Waals surface area contributed by atoms with Gasteiger partial charge in [-0.25, -0.2) is 8.78 Å². The van der Waals surface area contributed by atoms with Crippen molar-refractivity contribution in [3.05, 3.63) is 48.1 Å². The Kier molecular flexibility index (Phi) is 6.08. The van der Waals surface area contributed by atoms with Crippen molar-refractivity contribution in [1.29, 1.82) is 0 Å². The van der Waals surface area contributed by atoms with E-state index in [0.29, 0.717) is 5.92 Å². The Labute approximate surface area is 145 Å². The first-order valence-electron chi connectivity index (χ1n) is 9.73. The third-order valence-corrected chi connectivity index (χ3v) is 6.47. The van der Waals surface area contributed by atoms with Crippen LogP contribution in [0.3, 0.4) is 0 Å². The second-order valence-electron chi connectivity index (χ2n) is 7.99. The van der Waals surface area contributed by atoms with Crippen LogP contribution < -0.4 is 0 Å². The van der Waals surface area contributed by atoms with Crippen LogP contribution in [0.2, 0.25) is 0 Å². The first-order valence-corrected chi connectivity index (χ1v) is 9.73. The Morgan fingerprint density at radius 3 is 1.96 bits per heavy atom. The van der Waals surface area contributed by atoms with Crippen LogP contribution in [-0.4, -0.2) is 0 Å². The molecule has 0 N–H and O–H groups in total. The monoisotopic (exact) mass is 332 g/mol. The fourth-order valence-electron chi connectivity index (χ4n) is 4.73. The summed E-state index contributed by atoms with van der Waals surface area (Å²) in [5.74, 6) is 1.49. The van der Waals surface area contributed by atoms with E-state index in [4.69, 9.17) is 0 Å². The predicted molar refractivity (Wildman–Crippen MR) is 95.9 cm³/mol. The fraction of sp³-hybridized carbons (Fsp3) is 0.636. The normalized spacial score (nSPS) is 30.9. The Morgan fingerprint density at radius 1 is 0.833 bits per heavy atom. The van der Waals surface area contributed by atoms with Gasteiger partial charge in [-0.05, 0) is 92.7 Å². The second-order valence-corrected chi connectivity index (χ2v) is 7.99. The highest BCUT2D eigenvalue weighted by molar-refractivity contribution is 5.22. The summed E-state index contributed by atoms with van der Waals surface area (Å²) < 4.78 is 26.5. The molecule has 2 heteroatoms. The molecule has 0 saturated heterocycles. The Bertz CT molecular complexity index is 535. The van der Waals surface area contributed by atoms with E-state index in [2.05, 4.69) is 12.7 Å². The summed E-state index contributed by atoms with van der Waals surface area (Å²) in [6, 6.07) is 4.44. The van der Waals surface area contributed by atoms with Gasteiger partial charge in [0.1, 0.15) is 0 Å². The summed E-state index contributed by atoms with van der Waals surface area (Å²) in [5.41, 5.74) is 0.982. The molecule has 2 aliphatic rings. The van der Waals surface area contributed by atoms with Gasteiger partial charge in [0.2, 0.25) is 0 Å². The standard InChI is InChI=1S/C22H30F2/c1-2-16-3-5-17(6-4-16)7-8-18-9-11-19(12-10-18)20-13-14-21(23)22(24)15-20/h2,13-19H,1,3-12H2. The summed E-state index contributed by atoms with van der Waals surface area (Å²) in [6.45, 7) is 3.93. The minimum absolute atomic E-state index is 0.416. The topological polar surface area (TPSA) is 0 Å². The molecule has 0 amide bonds. The molecule has 0 aromatic heterocycles. The van der Waals surface area contributed by atoms with Crippen molar-refractivity contribution < 1.29 is 8.78 Å². The average Bonchev–Trinajstić information content (AvgIpc) is 2.63. The third-order valence-electron chi connectivity index (χ3n) is 6.47. The highest BCUT2D eigenvalue weighted by Gasteiger charge is 2.25. The molecule has 1 aromatic carbocycles. The molecular weight excluding hydrogens is 302 g/mol. The molecule has 2 fully saturated rings. The van der Waals surface area contributed by atoms with Gasteiger partial charge in [0.05, 0.1) is 0 Å². The highest BCUT2D eigenvalue weighted by atomic mass is 19.2. The van der Waals surface area contributed by atoms with E-state index in [0.717, 1.165) is 36.2 Å². The second kappa shape index (κ2) is 8.27. The predicted octanol–water partition coefficient (Wildman–Crippen LogP) is 7.01. The fourth-order valence-corrected chi connectivity index (χ4v) is 4.73. The van der Waals surface area contributed by atoms with Crippen LogP contribution in [-0.2, 0) is 0 Å². The maximum Gasteiger partial charge on any atom is 0.159 e. The zero-order valence-electron chi connectivity index (χ0n) is 14.7. The van der Waals surface area contributed by atoms with E-state index in [9.17, 15) is 8.78 Å². The molecule has 0 aliphatic heterocycles. The van der Waals surface area contributed by atoms with Crippen molar-refractivity contribution >= 4 is 0 Å². The van der Waals surface area contributed by atoms with Crippen LogP contribution in [0.25, 0.3) is 0 Å². The van der Waals surface area contributed by atoms with Gasteiger partial charge in [0.15, 0.2) is 11.6 Å². The van der Waals surface area contributed by atoms with E-state index in [1.54, 1.807) is 6.07 Å². The molecule has 3 rings (SSSR count). The average molecular weight is 332 g/mol. The van der Waals surface area contributed by atoms with E-state index in [1.807, 2.05) is 0 Å². The molecule has 0 atom stereocenters. The quantitative estimate of drug-likeness (QED) is 0.509. The van der Waals surface area contributed by atoms with Crippen LogP contribution in [0.5, 0.6) is 0 Å². The lowest BCUT2D eigenvalue weighted by molar-refractivity contribution is 0.246. The number of benzene rings is 1. The Balaban J connectivity index is 1.40. The molecule has 2 aliphatic carbocycles. The highest BCUT2D eigenvalue weighted by Crippen LogP contribution is 2.40. The number of hydrogen-bond donors (Lipinski definition) is 0. The lowest BCUT2D eigenvalue weighted by atomic mass is 9.74. The minimum atomic E-state index is -0.737. The van der Waals surface area contributed by atoms with Gasteiger partial charge in [0, 0.05) is 0 Å².